The van der Waals surface area contributed by atoms with Gasteiger partial charge >= 0.3 is 0 Å². The second kappa shape index (κ2) is 7.28. The first-order valence-corrected chi connectivity index (χ1v) is 6.57. The minimum Gasteiger partial charge on any atom is -0.496 e. The molecule has 0 saturated carbocycles. The second-order valence-electron chi connectivity index (χ2n) is 4.44. The number of carbonyl (C=O) groups is 1. The van der Waals surface area contributed by atoms with Gasteiger partial charge in [-0.2, -0.15) is 0 Å². The summed E-state index contributed by atoms with van der Waals surface area (Å²) in [4.78, 5) is 15.8. The molecule has 0 saturated heterocycles. The van der Waals surface area contributed by atoms with Gasteiger partial charge < -0.3 is 10.1 Å². The Morgan fingerprint density at radius 1 is 1.20 bits per heavy atom. The maximum absolute atomic E-state index is 11.8. The fourth-order valence-electron chi connectivity index (χ4n) is 1.95. The van der Waals surface area contributed by atoms with E-state index in [2.05, 4.69) is 10.3 Å². The summed E-state index contributed by atoms with van der Waals surface area (Å²) in [7, 11) is 1.64. The normalized spacial score (nSPS) is 10.1. The maximum atomic E-state index is 11.8. The first kappa shape index (κ1) is 14.1. The highest BCUT2D eigenvalue weighted by Gasteiger charge is 2.06. The number of aryl methyl sites for hydroxylation is 1. The Labute approximate surface area is 118 Å². The van der Waals surface area contributed by atoms with Gasteiger partial charge in [-0.25, -0.2) is 0 Å². The van der Waals surface area contributed by atoms with Gasteiger partial charge in [0.2, 0.25) is 5.91 Å². The van der Waals surface area contributed by atoms with Gasteiger partial charge in [0.05, 0.1) is 7.11 Å². The summed E-state index contributed by atoms with van der Waals surface area (Å²) in [5.74, 6) is 0.863. The van der Waals surface area contributed by atoms with Crippen molar-refractivity contribution >= 4 is 5.91 Å². The number of rotatable bonds is 6. The number of benzene rings is 1. The highest BCUT2D eigenvalue weighted by Crippen LogP contribution is 2.18. The highest BCUT2D eigenvalue weighted by molar-refractivity contribution is 5.76. The van der Waals surface area contributed by atoms with E-state index < -0.39 is 0 Å². The number of para-hydroxylation sites is 1. The van der Waals surface area contributed by atoms with Crippen molar-refractivity contribution in [1.29, 1.82) is 0 Å². The summed E-state index contributed by atoms with van der Waals surface area (Å²) in [6.45, 7) is 0.535. The molecule has 1 aromatic heterocycles. The van der Waals surface area contributed by atoms with Crippen molar-refractivity contribution < 1.29 is 9.53 Å². The van der Waals surface area contributed by atoms with Crippen molar-refractivity contribution in [2.24, 2.45) is 0 Å². The Morgan fingerprint density at radius 3 is 2.70 bits per heavy atom. The summed E-state index contributed by atoms with van der Waals surface area (Å²) in [6, 6.07) is 11.5. The molecule has 4 nitrogen and oxygen atoms in total. The topological polar surface area (TPSA) is 51.2 Å². The average molecular weight is 270 g/mol. The van der Waals surface area contributed by atoms with Crippen molar-refractivity contribution in [3.05, 3.63) is 59.9 Å². The largest absolute Gasteiger partial charge is 0.496 e. The molecule has 1 amide bonds. The summed E-state index contributed by atoms with van der Waals surface area (Å²) >= 11 is 0. The number of methoxy groups -OCH3 is 1. The van der Waals surface area contributed by atoms with Gasteiger partial charge in [0.25, 0.3) is 0 Å². The van der Waals surface area contributed by atoms with Crippen LogP contribution in [0.25, 0.3) is 0 Å². The quantitative estimate of drug-likeness (QED) is 0.876. The Balaban J connectivity index is 1.80. The van der Waals surface area contributed by atoms with Crippen LogP contribution in [-0.2, 0) is 17.8 Å². The Hall–Kier alpha value is -2.36. The zero-order chi connectivity index (χ0) is 14.2. The smallest absolute Gasteiger partial charge is 0.220 e. The first-order valence-electron chi connectivity index (χ1n) is 6.57. The van der Waals surface area contributed by atoms with E-state index in [9.17, 15) is 4.79 Å². The average Bonchev–Trinajstić information content (AvgIpc) is 2.52. The van der Waals surface area contributed by atoms with Gasteiger partial charge in [-0.1, -0.05) is 18.2 Å². The fourth-order valence-corrected chi connectivity index (χ4v) is 1.95. The number of nitrogens with zero attached hydrogens (tertiary/aromatic N) is 1. The number of aromatic nitrogens is 1. The SMILES string of the molecule is COc1ccccc1CCC(=O)NCc1ccncc1. The van der Waals surface area contributed by atoms with Crippen molar-refractivity contribution in [2.45, 2.75) is 19.4 Å². The van der Waals surface area contributed by atoms with Crippen molar-refractivity contribution in [3.63, 3.8) is 0 Å². The number of ether oxygens (including phenoxy) is 1. The van der Waals surface area contributed by atoms with Crippen molar-refractivity contribution in [1.82, 2.24) is 10.3 Å². The molecule has 0 bridgehead atoms. The third-order valence-corrected chi connectivity index (χ3v) is 3.05. The summed E-state index contributed by atoms with van der Waals surface area (Å²) in [5, 5.41) is 2.90. The molecule has 0 fully saturated rings. The molecule has 4 heteroatoms. The third kappa shape index (κ3) is 4.09. The zero-order valence-corrected chi connectivity index (χ0v) is 11.5. The van der Waals surface area contributed by atoms with Gasteiger partial charge in [-0.05, 0) is 35.7 Å². The zero-order valence-electron chi connectivity index (χ0n) is 11.5. The minimum absolute atomic E-state index is 0.0349. The number of carbonyl (C=O) groups excluding carboxylic acids is 1. The van der Waals surface area contributed by atoms with Gasteiger partial charge in [0.15, 0.2) is 0 Å². The van der Waals surface area contributed by atoms with Gasteiger partial charge in [0.1, 0.15) is 5.75 Å². The lowest BCUT2D eigenvalue weighted by Gasteiger charge is -2.08. The molecule has 0 unspecified atom stereocenters. The standard InChI is InChI=1S/C16H18N2O2/c1-20-15-5-3-2-4-14(15)6-7-16(19)18-12-13-8-10-17-11-9-13/h2-5,8-11H,6-7,12H2,1H3,(H,18,19). The molecule has 1 heterocycles. The lowest BCUT2D eigenvalue weighted by atomic mass is 10.1. The lowest BCUT2D eigenvalue weighted by Crippen LogP contribution is -2.23. The Kier molecular flexibility index (Phi) is 5.12. The van der Waals surface area contributed by atoms with Gasteiger partial charge in [-0.15, -0.1) is 0 Å². The van der Waals surface area contributed by atoms with Crippen LogP contribution in [0, 0.1) is 0 Å². The van der Waals surface area contributed by atoms with Crippen LogP contribution >= 0.6 is 0 Å². The minimum atomic E-state index is 0.0349. The number of amides is 1. The lowest BCUT2D eigenvalue weighted by molar-refractivity contribution is -0.121. The molecule has 1 N–H and O–H groups in total. The van der Waals surface area contributed by atoms with E-state index in [1.54, 1.807) is 19.5 Å². The molecule has 1 aromatic carbocycles. The van der Waals surface area contributed by atoms with E-state index in [0.29, 0.717) is 19.4 Å². The Morgan fingerprint density at radius 2 is 1.95 bits per heavy atom. The van der Waals surface area contributed by atoms with E-state index in [-0.39, 0.29) is 5.91 Å². The molecule has 0 radical (unpaired) electrons. The molecular weight excluding hydrogens is 252 g/mol. The van der Waals surface area contributed by atoms with Crippen LogP contribution in [0.2, 0.25) is 0 Å². The summed E-state index contributed by atoms with van der Waals surface area (Å²) in [5.41, 5.74) is 2.10. The molecule has 2 aromatic rings. The van der Waals surface area contributed by atoms with E-state index in [1.165, 1.54) is 0 Å². The first-order chi connectivity index (χ1) is 9.79. The Bertz CT molecular complexity index is 555. The van der Waals surface area contributed by atoms with Crippen LogP contribution in [0.5, 0.6) is 5.75 Å². The highest BCUT2D eigenvalue weighted by atomic mass is 16.5. The second-order valence-corrected chi connectivity index (χ2v) is 4.44. The molecule has 0 aliphatic heterocycles. The van der Waals surface area contributed by atoms with Crippen molar-refractivity contribution in [3.8, 4) is 5.75 Å². The van der Waals surface area contributed by atoms with Crippen LogP contribution in [-0.4, -0.2) is 18.0 Å². The van der Waals surface area contributed by atoms with E-state index >= 15 is 0 Å². The third-order valence-electron chi connectivity index (χ3n) is 3.05. The monoisotopic (exact) mass is 270 g/mol. The van der Waals surface area contributed by atoms with Crippen LogP contribution in [0.3, 0.4) is 0 Å². The maximum Gasteiger partial charge on any atom is 0.220 e. The molecule has 20 heavy (non-hydrogen) atoms. The predicted molar refractivity (Wildman–Crippen MR) is 77.4 cm³/mol. The number of hydrogen-bond acceptors (Lipinski definition) is 3. The van der Waals surface area contributed by atoms with Crippen LogP contribution in [0.4, 0.5) is 0 Å². The molecule has 0 aliphatic carbocycles. The molecule has 104 valence electrons. The number of nitrogens with one attached hydrogen (secondary N) is 1. The molecule has 0 aliphatic rings. The van der Waals surface area contributed by atoms with E-state index in [4.69, 9.17) is 4.74 Å². The van der Waals surface area contributed by atoms with Crippen LogP contribution in [0.15, 0.2) is 48.8 Å². The molecule has 2 rings (SSSR count). The van der Waals surface area contributed by atoms with Gasteiger partial charge in [-0.3, -0.25) is 9.78 Å². The fraction of sp³-hybridized carbons (Fsp3) is 0.250. The van der Waals surface area contributed by atoms with Crippen LogP contribution in [0.1, 0.15) is 17.5 Å². The number of pyridine rings is 1. The molecular formula is C16H18N2O2. The van der Waals surface area contributed by atoms with Gasteiger partial charge in [0, 0.05) is 25.4 Å². The predicted octanol–water partition coefficient (Wildman–Crippen LogP) is 2.34. The summed E-state index contributed by atoms with van der Waals surface area (Å²) in [6.07, 6.45) is 4.56. The number of hydrogen-bond donors (Lipinski definition) is 1. The molecule has 0 spiro atoms. The van der Waals surface area contributed by atoms with E-state index in [0.717, 1.165) is 16.9 Å². The van der Waals surface area contributed by atoms with Crippen molar-refractivity contribution in [2.75, 3.05) is 7.11 Å². The van der Waals surface area contributed by atoms with Crippen LogP contribution < -0.4 is 10.1 Å². The molecule has 0 atom stereocenters. The van der Waals surface area contributed by atoms with E-state index in [1.807, 2.05) is 36.4 Å². The summed E-state index contributed by atoms with van der Waals surface area (Å²) < 4.78 is 5.27.